The van der Waals surface area contributed by atoms with Gasteiger partial charge in [0.15, 0.2) is 0 Å². The Labute approximate surface area is 279 Å². The molecule has 3 aromatic carbocycles. The Morgan fingerprint density at radius 2 is 1.72 bits per heavy atom. The molecule has 1 saturated carbocycles. The standard InChI is InChI=1S/C26H28NSSi.C12H10N.Ir/c1-29(2,3)24-14-8-13-23-25(24)21-12-7-11-20(26(21)28-23)22-17-19(15-16-27-22)18-9-5-4-6-10-18;1-10-7-8-12(13-9-10)11-5-3-2-4-6-11;/h7-8,12-18H,4-6,9-10H2,1-3H3;2-5,7-9H,1H3;/q2*-1;/i;1D3;. The van der Waals surface area contributed by atoms with Gasteiger partial charge in [-0.2, -0.15) is 11.3 Å². The van der Waals surface area contributed by atoms with Crippen molar-refractivity contribution in [3.63, 3.8) is 0 Å². The van der Waals surface area contributed by atoms with Crippen molar-refractivity contribution in [3.05, 3.63) is 115 Å². The minimum Gasteiger partial charge on any atom is -0.305 e. The number of hydrogen-bond donors (Lipinski definition) is 0. The largest absolute Gasteiger partial charge is 0.305 e. The molecule has 6 aromatic rings. The summed E-state index contributed by atoms with van der Waals surface area (Å²) in [6.07, 6.45) is 10.2. The monoisotopic (exact) mass is 778 g/mol. The Morgan fingerprint density at radius 3 is 2.44 bits per heavy atom. The van der Waals surface area contributed by atoms with Gasteiger partial charge in [-0.15, -0.1) is 59.7 Å². The molecular weight excluding hydrogens is 737 g/mol. The topological polar surface area (TPSA) is 25.8 Å². The van der Waals surface area contributed by atoms with Gasteiger partial charge in [0, 0.05) is 41.3 Å². The summed E-state index contributed by atoms with van der Waals surface area (Å²) in [7, 11) is -1.43. The van der Waals surface area contributed by atoms with Crippen molar-refractivity contribution in [1.82, 2.24) is 9.97 Å². The van der Waals surface area contributed by atoms with Crippen molar-refractivity contribution < 1.29 is 24.2 Å². The summed E-state index contributed by atoms with van der Waals surface area (Å²) in [6.45, 7) is 5.23. The Morgan fingerprint density at radius 1 is 0.860 bits per heavy atom. The van der Waals surface area contributed by atoms with Crippen molar-refractivity contribution >= 4 is 44.8 Å². The van der Waals surface area contributed by atoms with Gasteiger partial charge in [0.2, 0.25) is 0 Å². The molecule has 2 nitrogen and oxygen atoms in total. The average molecular weight is 778 g/mol. The molecule has 1 radical (unpaired) electrons. The summed E-state index contributed by atoms with van der Waals surface area (Å²) in [5.41, 5.74) is 5.56. The van der Waals surface area contributed by atoms with Crippen LogP contribution >= 0.6 is 11.3 Å². The van der Waals surface area contributed by atoms with Crippen LogP contribution in [0.5, 0.6) is 0 Å². The van der Waals surface area contributed by atoms with Crippen molar-refractivity contribution in [2.75, 3.05) is 0 Å². The number of hydrogen-bond acceptors (Lipinski definition) is 3. The third kappa shape index (κ3) is 7.07. The van der Waals surface area contributed by atoms with Gasteiger partial charge in [0.25, 0.3) is 0 Å². The quantitative estimate of drug-likeness (QED) is 0.132. The van der Waals surface area contributed by atoms with Crippen LogP contribution in [-0.2, 0) is 20.1 Å². The summed E-state index contributed by atoms with van der Waals surface area (Å²) in [6, 6.07) is 33.1. The number of fused-ring (bicyclic) bond motifs is 3. The van der Waals surface area contributed by atoms with E-state index in [1.165, 1.54) is 69.6 Å². The van der Waals surface area contributed by atoms with Gasteiger partial charge in [0.1, 0.15) is 0 Å². The van der Waals surface area contributed by atoms with Crippen LogP contribution in [0.2, 0.25) is 19.6 Å². The molecule has 0 saturated heterocycles. The van der Waals surface area contributed by atoms with Crippen LogP contribution < -0.4 is 5.19 Å². The maximum absolute atomic E-state index is 7.23. The first-order valence-corrected chi connectivity index (χ1v) is 19.2. The van der Waals surface area contributed by atoms with Crippen LogP contribution in [0.1, 0.15) is 53.3 Å². The van der Waals surface area contributed by atoms with Crippen molar-refractivity contribution in [1.29, 1.82) is 0 Å². The first kappa shape index (κ1) is 27.6. The molecule has 5 heteroatoms. The van der Waals surface area contributed by atoms with E-state index >= 15 is 0 Å². The maximum Gasteiger partial charge on any atom is 0.0783 e. The van der Waals surface area contributed by atoms with E-state index in [0.717, 1.165) is 17.0 Å². The molecule has 0 bridgehead atoms. The van der Waals surface area contributed by atoms with Crippen molar-refractivity contribution in [3.8, 4) is 22.5 Å². The summed E-state index contributed by atoms with van der Waals surface area (Å²) < 4.78 is 24.4. The Kier molecular flexibility index (Phi) is 8.84. The average Bonchev–Trinajstić information content (AvgIpc) is 3.44. The molecule has 0 N–H and O–H groups in total. The minimum atomic E-state index is -2.09. The van der Waals surface area contributed by atoms with E-state index in [4.69, 9.17) is 9.10 Å². The van der Waals surface area contributed by atoms with Crippen LogP contribution in [0.25, 0.3) is 42.7 Å². The second-order valence-corrected chi connectivity index (χ2v) is 18.2. The fourth-order valence-corrected chi connectivity index (χ4v) is 8.93. The van der Waals surface area contributed by atoms with E-state index in [1.54, 1.807) is 23.4 Å². The first-order chi connectivity index (χ1) is 21.6. The Balaban J connectivity index is 0.000000209. The fraction of sp³-hybridized carbons (Fsp3) is 0.263. The number of rotatable bonds is 4. The van der Waals surface area contributed by atoms with E-state index in [1.807, 2.05) is 35.7 Å². The molecular formula is C38H38IrN2SSi-2. The number of aromatic nitrogens is 2. The predicted molar refractivity (Wildman–Crippen MR) is 183 cm³/mol. The fourth-order valence-electron chi connectivity index (χ4n) is 5.99. The number of thiophene rings is 1. The Bertz CT molecular complexity index is 1910. The molecule has 1 aliphatic carbocycles. The molecule has 0 amide bonds. The molecule has 1 fully saturated rings. The zero-order valence-electron chi connectivity index (χ0n) is 27.9. The molecule has 0 spiro atoms. The molecule has 221 valence electrons. The second kappa shape index (κ2) is 13.8. The van der Waals surface area contributed by atoms with E-state index in [-0.39, 0.29) is 25.7 Å². The number of aryl methyl sites for hydroxylation is 1. The van der Waals surface area contributed by atoms with Gasteiger partial charge in [0.05, 0.1) is 8.07 Å². The van der Waals surface area contributed by atoms with Crippen molar-refractivity contribution in [2.24, 2.45) is 0 Å². The molecule has 0 unspecified atom stereocenters. The normalized spacial score (nSPS) is 15.1. The van der Waals surface area contributed by atoms with E-state index in [0.29, 0.717) is 5.92 Å². The predicted octanol–water partition coefficient (Wildman–Crippen LogP) is 10.4. The first-order valence-electron chi connectivity index (χ1n) is 16.4. The van der Waals surface area contributed by atoms with Gasteiger partial charge in [-0.1, -0.05) is 85.4 Å². The summed E-state index contributed by atoms with van der Waals surface area (Å²) in [5, 5.41) is 4.40. The summed E-state index contributed by atoms with van der Waals surface area (Å²) in [5.74, 6) is 0.700. The molecule has 0 aliphatic heterocycles. The summed E-state index contributed by atoms with van der Waals surface area (Å²) in [4.78, 5) is 8.90. The van der Waals surface area contributed by atoms with Crippen LogP contribution in [0.4, 0.5) is 0 Å². The number of nitrogens with zero attached hydrogens (tertiary/aromatic N) is 2. The van der Waals surface area contributed by atoms with Gasteiger partial charge in [-0.05, 0) is 64.8 Å². The van der Waals surface area contributed by atoms with E-state index < -0.39 is 14.9 Å². The van der Waals surface area contributed by atoms with E-state index in [9.17, 15) is 0 Å². The zero-order chi connectivity index (χ0) is 31.6. The second-order valence-electron chi connectivity index (χ2n) is 12.1. The SMILES string of the molecule is C[Si](C)(C)c1cccc2sc3c(-c4cc(C5CCCCC5)ccn4)[c-]ccc3c12.[2H]C([2H])([2H])c1ccc(-c2[c-]cccc2)nc1.[Ir]. The molecule has 7 rings (SSSR count). The molecule has 3 heterocycles. The number of benzene rings is 3. The molecule has 3 aromatic heterocycles. The third-order valence-corrected chi connectivity index (χ3v) is 11.4. The molecule has 43 heavy (non-hydrogen) atoms. The minimum absolute atomic E-state index is 0. The molecule has 1 aliphatic rings. The maximum atomic E-state index is 7.23. The smallest absolute Gasteiger partial charge is 0.0783 e. The summed E-state index contributed by atoms with van der Waals surface area (Å²) >= 11 is 1.91. The van der Waals surface area contributed by atoms with Gasteiger partial charge in [-0.3, -0.25) is 0 Å². The van der Waals surface area contributed by atoms with Gasteiger partial charge >= 0.3 is 0 Å². The number of pyridine rings is 2. The van der Waals surface area contributed by atoms with Crippen LogP contribution in [0.15, 0.2) is 91.3 Å². The molecule has 0 atom stereocenters. The van der Waals surface area contributed by atoms with Crippen LogP contribution in [0.3, 0.4) is 0 Å². The van der Waals surface area contributed by atoms with Crippen LogP contribution in [0, 0.1) is 19.0 Å². The van der Waals surface area contributed by atoms with Gasteiger partial charge in [-0.25, -0.2) is 0 Å². The zero-order valence-corrected chi connectivity index (χ0v) is 29.1. The van der Waals surface area contributed by atoms with Crippen molar-refractivity contribution in [2.45, 2.75) is 64.5 Å². The Hall–Kier alpha value is -2.95. The van der Waals surface area contributed by atoms with Crippen LogP contribution in [-0.4, -0.2) is 18.0 Å². The van der Waals surface area contributed by atoms with Gasteiger partial charge < -0.3 is 9.97 Å². The van der Waals surface area contributed by atoms with E-state index in [2.05, 4.69) is 79.2 Å². The third-order valence-electron chi connectivity index (χ3n) is 8.13.